The molecule has 0 saturated carbocycles. The van der Waals surface area contributed by atoms with E-state index < -0.39 is 0 Å². The SMILES string of the molecule is C=CCCNC(CN)CC(=O)NCC. The first-order chi connectivity index (χ1) is 6.74. The summed E-state index contributed by atoms with van der Waals surface area (Å²) in [6.45, 7) is 7.50. The highest BCUT2D eigenvalue weighted by atomic mass is 16.1. The third-order valence-corrected chi connectivity index (χ3v) is 1.87. The van der Waals surface area contributed by atoms with Crippen molar-refractivity contribution in [1.29, 1.82) is 0 Å². The Hall–Kier alpha value is -0.870. The quantitative estimate of drug-likeness (QED) is 0.381. The van der Waals surface area contributed by atoms with Crippen LogP contribution in [0.5, 0.6) is 0 Å². The van der Waals surface area contributed by atoms with Gasteiger partial charge in [0.1, 0.15) is 0 Å². The lowest BCUT2D eigenvalue weighted by Gasteiger charge is -2.15. The van der Waals surface area contributed by atoms with Gasteiger partial charge in [-0.05, 0) is 19.9 Å². The number of rotatable bonds is 8. The molecule has 0 aliphatic heterocycles. The molecule has 0 heterocycles. The van der Waals surface area contributed by atoms with Gasteiger partial charge in [0.2, 0.25) is 5.91 Å². The minimum Gasteiger partial charge on any atom is -0.356 e. The zero-order chi connectivity index (χ0) is 10.8. The van der Waals surface area contributed by atoms with Gasteiger partial charge in [0.05, 0.1) is 0 Å². The van der Waals surface area contributed by atoms with Crippen LogP contribution in [-0.2, 0) is 4.79 Å². The molecule has 4 N–H and O–H groups in total. The fourth-order valence-corrected chi connectivity index (χ4v) is 1.12. The number of nitrogens with one attached hydrogen (secondary N) is 2. The van der Waals surface area contributed by atoms with E-state index in [1.54, 1.807) is 0 Å². The van der Waals surface area contributed by atoms with E-state index in [9.17, 15) is 4.79 Å². The van der Waals surface area contributed by atoms with Gasteiger partial charge in [0.25, 0.3) is 0 Å². The first-order valence-corrected chi connectivity index (χ1v) is 5.05. The lowest BCUT2D eigenvalue weighted by Crippen LogP contribution is -2.40. The monoisotopic (exact) mass is 199 g/mol. The molecule has 0 aromatic carbocycles. The van der Waals surface area contributed by atoms with Crippen molar-refractivity contribution in [3.05, 3.63) is 12.7 Å². The zero-order valence-electron chi connectivity index (χ0n) is 8.88. The van der Waals surface area contributed by atoms with Gasteiger partial charge in [0, 0.05) is 25.6 Å². The molecule has 0 rings (SSSR count). The van der Waals surface area contributed by atoms with Crippen LogP contribution in [0.15, 0.2) is 12.7 Å². The summed E-state index contributed by atoms with van der Waals surface area (Å²) in [5.41, 5.74) is 5.53. The lowest BCUT2D eigenvalue weighted by molar-refractivity contribution is -0.121. The van der Waals surface area contributed by atoms with E-state index in [-0.39, 0.29) is 11.9 Å². The Morgan fingerprint density at radius 1 is 1.64 bits per heavy atom. The second-order valence-corrected chi connectivity index (χ2v) is 3.12. The van der Waals surface area contributed by atoms with E-state index in [2.05, 4.69) is 17.2 Å². The van der Waals surface area contributed by atoms with Crippen LogP contribution < -0.4 is 16.4 Å². The van der Waals surface area contributed by atoms with Gasteiger partial charge in [-0.25, -0.2) is 0 Å². The molecule has 0 spiro atoms. The van der Waals surface area contributed by atoms with Crippen LogP contribution in [0.1, 0.15) is 19.8 Å². The topological polar surface area (TPSA) is 67.1 Å². The smallest absolute Gasteiger partial charge is 0.221 e. The maximum atomic E-state index is 11.2. The molecule has 1 amide bonds. The summed E-state index contributed by atoms with van der Waals surface area (Å²) >= 11 is 0. The minimum absolute atomic E-state index is 0.0500. The highest BCUT2D eigenvalue weighted by Gasteiger charge is 2.09. The van der Waals surface area contributed by atoms with Crippen molar-refractivity contribution in [2.75, 3.05) is 19.6 Å². The Morgan fingerprint density at radius 2 is 2.36 bits per heavy atom. The average Bonchev–Trinajstić information content (AvgIpc) is 2.17. The van der Waals surface area contributed by atoms with Crippen molar-refractivity contribution >= 4 is 5.91 Å². The molecule has 0 saturated heterocycles. The Bertz CT molecular complexity index is 171. The standard InChI is InChI=1S/C10H21N3O/c1-3-5-6-13-9(8-11)7-10(14)12-4-2/h3,9,13H,1,4-8,11H2,2H3,(H,12,14). The molecule has 82 valence electrons. The first kappa shape index (κ1) is 13.1. The highest BCUT2D eigenvalue weighted by Crippen LogP contribution is 1.90. The van der Waals surface area contributed by atoms with E-state index in [0.29, 0.717) is 19.5 Å². The normalized spacial score (nSPS) is 12.1. The first-order valence-electron chi connectivity index (χ1n) is 5.05. The number of hydrogen-bond donors (Lipinski definition) is 3. The van der Waals surface area contributed by atoms with Crippen molar-refractivity contribution in [2.45, 2.75) is 25.8 Å². The summed E-state index contributed by atoms with van der Waals surface area (Å²) in [6.07, 6.45) is 3.18. The molecule has 0 bridgehead atoms. The molecule has 4 heteroatoms. The van der Waals surface area contributed by atoms with Crippen molar-refractivity contribution in [2.24, 2.45) is 5.73 Å². The number of carbonyl (C=O) groups excluding carboxylic acids is 1. The molecular formula is C10H21N3O. The number of amides is 1. The average molecular weight is 199 g/mol. The molecule has 14 heavy (non-hydrogen) atoms. The van der Waals surface area contributed by atoms with Crippen LogP contribution in [0.25, 0.3) is 0 Å². The van der Waals surface area contributed by atoms with Crippen LogP contribution in [0.4, 0.5) is 0 Å². The number of nitrogens with two attached hydrogens (primary N) is 1. The maximum Gasteiger partial charge on any atom is 0.221 e. The summed E-state index contributed by atoms with van der Waals surface area (Å²) in [6, 6.07) is 0.0708. The molecule has 4 nitrogen and oxygen atoms in total. The van der Waals surface area contributed by atoms with Crippen molar-refractivity contribution in [3.63, 3.8) is 0 Å². The predicted octanol–water partition coefficient (Wildman–Crippen LogP) is 0.00560. The third kappa shape index (κ3) is 6.62. The molecular weight excluding hydrogens is 178 g/mol. The van der Waals surface area contributed by atoms with Crippen molar-refractivity contribution < 1.29 is 4.79 Å². The van der Waals surface area contributed by atoms with Gasteiger partial charge in [-0.2, -0.15) is 0 Å². The van der Waals surface area contributed by atoms with Gasteiger partial charge in [0.15, 0.2) is 0 Å². The highest BCUT2D eigenvalue weighted by molar-refractivity contribution is 5.76. The Kier molecular flexibility index (Phi) is 8.17. The Balaban J connectivity index is 3.66. The van der Waals surface area contributed by atoms with Crippen LogP contribution in [0, 0.1) is 0 Å². The van der Waals surface area contributed by atoms with E-state index in [1.807, 2.05) is 13.0 Å². The predicted molar refractivity (Wildman–Crippen MR) is 59.0 cm³/mol. The van der Waals surface area contributed by atoms with Crippen LogP contribution >= 0.6 is 0 Å². The number of hydrogen-bond acceptors (Lipinski definition) is 3. The van der Waals surface area contributed by atoms with Crippen LogP contribution in [0.3, 0.4) is 0 Å². The molecule has 0 aliphatic carbocycles. The van der Waals surface area contributed by atoms with Gasteiger partial charge in [-0.1, -0.05) is 6.08 Å². The van der Waals surface area contributed by atoms with Crippen LogP contribution in [0.2, 0.25) is 0 Å². The van der Waals surface area contributed by atoms with E-state index in [0.717, 1.165) is 13.0 Å². The summed E-state index contributed by atoms with van der Waals surface area (Å²) < 4.78 is 0. The summed E-state index contributed by atoms with van der Waals surface area (Å²) in [7, 11) is 0. The Labute approximate surface area is 85.9 Å². The van der Waals surface area contributed by atoms with Crippen LogP contribution in [-0.4, -0.2) is 31.6 Å². The lowest BCUT2D eigenvalue weighted by atomic mass is 10.2. The molecule has 0 fully saturated rings. The van der Waals surface area contributed by atoms with Gasteiger partial charge < -0.3 is 16.4 Å². The fourth-order valence-electron chi connectivity index (χ4n) is 1.12. The van der Waals surface area contributed by atoms with Gasteiger partial charge in [-0.3, -0.25) is 4.79 Å². The van der Waals surface area contributed by atoms with Crippen molar-refractivity contribution in [3.8, 4) is 0 Å². The molecule has 1 unspecified atom stereocenters. The van der Waals surface area contributed by atoms with Gasteiger partial charge in [-0.15, -0.1) is 6.58 Å². The van der Waals surface area contributed by atoms with Crippen molar-refractivity contribution in [1.82, 2.24) is 10.6 Å². The maximum absolute atomic E-state index is 11.2. The van der Waals surface area contributed by atoms with Gasteiger partial charge >= 0.3 is 0 Å². The number of carbonyl (C=O) groups is 1. The molecule has 0 aromatic heterocycles. The van der Waals surface area contributed by atoms with E-state index in [4.69, 9.17) is 5.73 Å². The summed E-state index contributed by atoms with van der Waals surface area (Å²) in [5, 5.41) is 5.95. The minimum atomic E-state index is 0.0500. The second kappa shape index (κ2) is 8.72. The summed E-state index contributed by atoms with van der Waals surface area (Å²) in [4.78, 5) is 11.2. The molecule has 0 radical (unpaired) electrons. The summed E-state index contributed by atoms with van der Waals surface area (Å²) in [5.74, 6) is 0.0500. The van der Waals surface area contributed by atoms with E-state index in [1.165, 1.54) is 0 Å². The zero-order valence-corrected chi connectivity index (χ0v) is 8.88. The molecule has 0 aliphatic rings. The molecule has 0 aromatic rings. The fraction of sp³-hybridized carbons (Fsp3) is 0.700. The van der Waals surface area contributed by atoms with E-state index >= 15 is 0 Å². The molecule has 1 atom stereocenters. The second-order valence-electron chi connectivity index (χ2n) is 3.12. The largest absolute Gasteiger partial charge is 0.356 e. The Morgan fingerprint density at radius 3 is 2.86 bits per heavy atom. The third-order valence-electron chi connectivity index (χ3n) is 1.87.